The number of hydrogen-bond acceptors (Lipinski definition) is 7. The lowest BCUT2D eigenvalue weighted by atomic mass is 9.98. The Labute approximate surface area is 250 Å². The van der Waals surface area contributed by atoms with Crippen molar-refractivity contribution in [2.45, 2.75) is 45.9 Å². The van der Waals surface area contributed by atoms with Crippen LogP contribution in [-0.4, -0.2) is 49.4 Å². The minimum atomic E-state index is -0.609. The average Bonchev–Trinajstić information content (AvgIpc) is 3.70. The van der Waals surface area contributed by atoms with E-state index in [1.54, 1.807) is 14.2 Å². The van der Waals surface area contributed by atoms with E-state index in [9.17, 15) is 0 Å². The first kappa shape index (κ1) is 28.4. The van der Waals surface area contributed by atoms with E-state index in [1.807, 2.05) is 18.2 Å². The van der Waals surface area contributed by atoms with Gasteiger partial charge in [0, 0.05) is 31.8 Å². The Bertz CT molecular complexity index is 1810. The fourth-order valence-corrected chi connectivity index (χ4v) is 5.45. The number of unbranched alkanes of at least 4 members (excludes halogenated alkanes) is 1. The molecule has 0 fully saturated rings. The topological polar surface area (TPSA) is 104 Å². The Morgan fingerprint density at radius 1 is 0.837 bits per heavy atom. The second-order valence-corrected chi connectivity index (χ2v) is 10.6. The number of imidazole rings is 1. The number of H-pyrrole nitrogens is 1. The van der Waals surface area contributed by atoms with Gasteiger partial charge in [-0.2, -0.15) is 0 Å². The van der Waals surface area contributed by atoms with Crippen LogP contribution < -0.4 is 0 Å². The second-order valence-electron chi connectivity index (χ2n) is 10.6. The van der Waals surface area contributed by atoms with Crippen LogP contribution in [0, 0.1) is 6.92 Å². The van der Waals surface area contributed by atoms with Gasteiger partial charge < -0.3 is 14.0 Å². The number of nitrogens with one attached hydrogen (secondary N) is 1. The molecule has 6 aromatic rings. The first-order valence-electron chi connectivity index (χ1n) is 14.5. The Hall–Kier alpha value is -4.73. The molecule has 0 saturated heterocycles. The zero-order valence-electron chi connectivity index (χ0n) is 24.9. The molecule has 0 bridgehead atoms. The molecule has 1 N–H and O–H groups in total. The Morgan fingerprint density at radius 2 is 1.53 bits per heavy atom. The molecule has 3 heterocycles. The van der Waals surface area contributed by atoms with E-state index in [2.05, 4.69) is 99.7 Å². The maximum atomic E-state index is 5.71. The van der Waals surface area contributed by atoms with E-state index in [0.29, 0.717) is 12.4 Å². The smallest absolute Gasteiger partial charge is 0.201 e. The predicted molar refractivity (Wildman–Crippen MR) is 167 cm³/mol. The van der Waals surface area contributed by atoms with Crippen LogP contribution in [0.3, 0.4) is 0 Å². The number of ether oxygens (including phenoxy) is 2. The molecule has 0 aliphatic rings. The van der Waals surface area contributed by atoms with Crippen LogP contribution in [0.25, 0.3) is 44.8 Å². The van der Waals surface area contributed by atoms with E-state index in [-0.39, 0.29) is 0 Å². The highest BCUT2D eigenvalue weighted by Gasteiger charge is 2.22. The third-order valence-corrected chi connectivity index (χ3v) is 7.73. The fraction of sp³-hybridized carbons (Fsp3) is 0.265. The fourth-order valence-electron chi connectivity index (χ4n) is 5.45. The summed E-state index contributed by atoms with van der Waals surface area (Å²) in [7, 11) is 3.28. The van der Waals surface area contributed by atoms with Crippen molar-refractivity contribution in [2.24, 2.45) is 0 Å². The largest absolute Gasteiger partial charge is 0.350 e. The molecule has 43 heavy (non-hydrogen) atoms. The predicted octanol–water partition coefficient (Wildman–Crippen LogP) is 6.94. The normalized spacial score (nSPS) is 11.6. The van der Waals surface area contributed by atoms with Crippen molar-refractivity contribution in [3.63, 3.8) is 0 Å². The quantitative estimate of drug-likeness (QED) is 0.168. The molecule has 0 radical (unpaired) electrons. The molecule has 9 heteroatoms. The number of hydrogen-bond donors (Lipinski definition) is 1. The highest BCUT2D eigenvalue weighted by Crippen LogP contribution is 2.34. The van der Waals surface area contributed by atoms with E-state index < -0.39 is 6.29 Å². The monoisotopic (exact) mass is 573 g/mol. The highest BCUT2D eigenvalue weighted by atomic mass is 16.7. The summed E-state index contributed by atoms with van der Waals surface area (Å²) >= 11 is 0. The van der Waals surface area contributed by atoms with Gasteiger partial charge in [0.2, 0.25) is 6.29 Å². The molecular formula is C34H35N7O2. The summed E-state index contributed by atoms with van der Waals surface area (Å²) in [6, 6.07) is 27.3. The van der Waals surface area contributed by atoms with Gasteiger partial charge >= 0.3 is 0 Å². The summed E-state index contributed by atoms with van der Waals surface area (Å²) in [5.74, 6) is 1.66. The summed E-state index contributed by atoms with van der Waals surface area (Å²) in [5.41, 5.74) is 9.88. The number of rotatable bonds is 11. The van der Waals surface area contributed by atoms with Gasteiger partial charge in [0.1, 0.15) is 17.0 Å². The summed E-state index contributed by atoms with van der Waals surface area (Å²) in [6.07, 6.45) is 2.39. The minimum Gasteiger partial charge on any atom is -0.350 e. The zero-order chi connectivity index (χ0) is 29.8. The zero-order valence-corrected chi connectivity index (χ0v) is 24.9. The lowest BCUT2D eigenvalue weighted by molar-refractivity contribution is -0.108. The van der Waals surface area contributed by atoms with Crippen molar-refractivity contribution in [2.75, 3.05) is 14.2 Å². The van der Waals surface area contributed by atoms with Gasteiger partial charge in [0.05, 0.1) is 6.54 Å². The maximum Gasteiger partial charge on any atom is 0.201 e. The number of nitrogens with zero attached hydrogens (tertiary/aromatic N) is 6. The second kappa shape index (κ2) is 12.6. The van der Waals surface area contributed by atoms with Gasteiger partial charge in [-0.15, -0.1) is 5.10 Å². The van der Waals surface area contributed by atoms with Crippen molar-refractivity contribution in [3.8, 4) is 33.6 Å². The summed E-state index contributed by atoms with van der Waals surface area (Å²) in [4.78, 5) is 10.3. The van der Waals surface area contributed by atoms with Gasteiger partial charge in [-0.25, -0.2) is 15.1 Å². The van der Waals surface area contributed by atoms with Crippen molar-refractivity contribution >= 4 is 11.2 Å². The maximum absolute atomic E-state index is 5.71. The first-order valence-corrected chi connectivity index (χ1v) is 14.5. The number of methoxy groups -OCH3 is 2. The molecule has 0 aliphatic heterocycles. The lowest BCUT2D eigenvalue weighted by Gasteiger charge is -2.18. The molecule has 0 amide bonds. The van der Waals surface area contributed by atoms with Crippen molar-refractivity contribution < 1.29 is 9.47 Å². The standard InChI is InChI=1S/C34H35N7O2/c1-5-6-11-30-35-29-20-28(25-16-12-22(2)13-17-25)31(34(42-3)43-4)36-33(29)41(30)21-23-14-18-24(19-15-23)26-9-7-8-10-27(26)32-37-39-40-38-32/h7-10,12-20,34H,5-6,11,21H2,1-4H3,(H,37,38,39,40). The van der Waals surface area contributed by atoms with Crippen LogP contribution in [0.5, 0.6) is 0 Å². The molecule has 0 unspecified atom stereocenters. The van der Waals surface area contributed by atoms with Crippen LogP contribution in [0.1, 0.15) is 48.7 Å². The van der Waals surface area contributed by atoms with Crippen LogP contribution in [0.4, 0.5) is 0 Å². The lowest BCUT2D eigenvalue weighted by Crippen LogP contribution is -2.11. The average molecular weight is 574 g/mol. The molecule has 3 aromatic carbocycles. The number of aromatic nitrogens is 7. The number of benzene rings is 3. The summed E-state index contributed by atoms with van der Waals surface area (Å²) < 4.78 is 13.7. The molecule has 3 aromatic heterocycles. The number of tetrazole rings is 1. The summed E-state index contributed by atoms with van der Waals surface area (Å²) in [6.45, 7) is 4.93. The van der Waals surface area contributed by atoms with Crippen LogP contribution in [0.2, 0.25) is 0 Å². The van der Waals surface area contributed by atoms with Gasteiger partial charge in [-0.1, -0.05) is 91.7 Å². The summed E-state index contributed by atoms with van der Waals surface area (Å²) in [5, 5.41) is 14.5. The van der Waals surface area contributed by atoms with Crippen LogP contribution >= 0.6 is 0 Å². The minimum absolute atomic E-state index is 0.609. The third-order valence-electron chi connectivity index (χ3n) is 7.73. The molecular weight excluding hydrogens is 538 g/mol. The van der Waals surface area contributed by atoms with E-state index >= 15 is 0 Å². The van der Waals surface area contributed by atoms with Crippen molar-refractivity contribution in [3.05, 3.63) is 102 Å². The molecule has 0 saturated carbocycles. The van der Waals surface area contributed by atoms with Crippen LogP contribution in [-0.2, 0) is 22.4 Å². The highest BCUT2D eigenvalue weighted by molar-refractivity contribution is 5.82. The molecule has 9 nitrogen and oxygen atoms in total. The van der Waals surface area contributed by atoms with E-state index in [1.165, 1.54) is 5.56 Å². The van der Waals surface area contributed by atoms with Gasteiger partial charge in [0.25, 0.3) is 0 Å². The number of aromatic amines is 1. The van der Waals surface area contributed by atoms with Gasteiger partial charge in [-0.05, 0) is 52.1 Å². The molecule has 6 rings (SSSR count). The van der Waals surface area contributed by atoms with Crippen molar-refractivity contribution in [1.29, 1.82) is 0 Å². The molecule has 0 aliphatic carbocycles. The van der Waals surface area contributed by atoms with Crippen LogP contribution in [0.15, 0.2) is 78.9 Å². The van der Waals surface area contributed by atoms with Crippen molar-refractivity contribution in [1.82, 2.24) is 35.2 Å². The Morgan fingerprint density at radius 3 is 2.21 bits per heavy atom. The Kier molecular flexibility index (Phi) is 8.35. The van der Waals surface area contributed by atoms with E-state index in [4.69, 9.17) is 19.4 Å². The molecule has 218 valence electrons. The molecule has 0 spiro atoms. The van der Waals surface area contributed by atoms with E-state index in [0.717, 1.165) is 75.3 Å². The third kappa shape index (κ3) is 5.82. The number of aryl methyl sites for hydroxylation is 2. The Balaban J connectivity index is 1.41. The number of fused-ring (bicyclic) bond motifs is 1. The number of pyridine rings is 1. The first-order chi connectivity index (χ1) is 21.1. The molecule has 0 atom stereocenters. The SMILES string of the molecule is CCCCc1nc2cc(-c3ccc(C)cc3)c(C(OC)OC)nc2n1Cc1ccc(-c2ccccc2-c2nnn[nH]2)cc1. The van der Waals surface area contributed by atoms with Gasteiger partial charge in [0.15, 0.2) is 11.5 Å². The van der Waals surface area contributed by atoms with Gasteiger partial charge in [-0.3, -0.25) is 0 Å².